The highest BCUT2D eigenvalue weighted by molar-refractivity contribution is 7.12. The Morgan fingerprint density at radius 2 is 2.24 bits per heavy atom. The quantitative estimate of drug-likeness (QED) is 0.801. The molecule has 0 bridgehead atoms. The number of rotatable bonds is 5. The van der Waals surface area contributed by atoms with Crippen LogP contribution >= 0.6 is 36.2 Å². The van der Waals surface area contributed by atoms with E-state index in [4.69, 9.17) is 0 Å². The lowest BCUT2D eigenvalue weighted by atomic mass is 9.96. The number of thiazole rings is 1. The Kier molecular flexibility index (Phi) is 8.93. The van der Waals surface area contributed by atoms with Gasteiger partial charge in [0.15, 0.2) is 5.13 Å². The summed E-state index contributed by atoms with van der Waals surface area (Å²) in [4.78, 5) is 16.8. The second kappa shape index (κ2) is 10.2. The zero-order valence-corrected chi connectivity index (χ0v) is 17.0. The first-order valence-corrected chi connectivity index (χ1v) is 9.12. The summed E-state index contributed by atoms with van der Waals surface area (Å²) in [5, 5.41) is 9.35. The van der Waals surface area contributed by atoms with Gasteiger partial charge in [-0.25, -0.2) is 4.98 Å². The molecule has 0 radical (unpaired) electrons. The molecule has 25 heavy (non-hydrogen) atoms. The van der Waals surface area contributed by atoms with Gasteiger partial charge in [-0.15, -0.1) is 36.2 Å². The molecule has 1 unspecified atom stereocenters. The third kappa shape index (κ3) is 5.20. The van der Waals surface area contributed by atoms with Gasteiger partial charge in [-0.1, -0.05) is 0 Å². The van der Waals surface area contributed by atoms with Gasteiger partial charge in [-0.05, 0) is 58.2 Å². The smallest absolute Gasteiger partial charge is 0.253 e. The van der Waals surface area contributed by atoms with E-state index < -0.39 is 0 Å². The van der Waals surface area contributed by atoms with E-state index >= 15 is 0 Å². The van der Waals surface area contributed by atoms with Crippen LogP contribution in [-0.4, -0.2) is 35.1 Å². The predicted octanol–water partition coefficient (Wildman–Crippen LogP) is 3.51. The Morgan fingerprint density at radius 1 is 1.44 bits per heavy atom. The molecule has 1 aliphatic heterocycles. The van der Waals surface area contributed by atoms with E-state index in [-0.39, 0.29) is 30.7 Å². The number of hydrogen-bond acceptors (Lipinski definition) is 4. The maximum Gasteiger partial charge on any atom is 0.253 e. The molecule has 1 fully saturated rings. The number of aryl methyl sites for hydroxylation is 1. The highest BCUT2D eigenvalue weighted by Gasteiger charge is 2.18. The third-order valence-electron chi connectivity index (χ3n) is 4.52. The molecule has 3 rings (SSSR count). The summed E-state index contributed by atoms with van der Waals surface area (Å²) in [6.07, 6.45) is 5.34. The summed E-state index contributed by atoms with van der Waals surface area (Å²) in [5.74, 6) is 0.705. The van der Waals surface area contributed by atoms with Crippen molar-refractivity contribution in [1.82, 2.24) is 20.2 Å². The Bertz CT molecular complexity index is 666. The van der Waals surface area contributed by atoms with Gasteiger partial charge in [0.25, 0.3) is 5.91 Å². The second-order valence-corrected chi connectivity index (χ2v) is 7.06. The Morgan fingerprint density at radius 3 is 2.88 bits per heavy atom. The van der Waals surface area contributed by atoms with Crippen LogP contribution in [0.1, 0.15) is 41.0 Å². The van der Waals surface area contributed by atoms with Crippen LogP contribution in [0.5, 0.6) is 0 Å². The Balaban J connectivity index is 0.00000156. The van der Waals surface area contributed by atoms with Crippen LogP contribution < -0.4 is 10.6 Å². The molecule has 3 heterocycles. The van der Waals surface area contributed by atoms with E-state index in [2.05, 4.69) is 15.6 Å². The zero-order valence-electron chi connectivity index (χ0n) is 14.6. The number of piperidine rings is 1. The van der Waals surface area contributed by atoms with Gasteiger partial charge in [0.1, 0.15) is 0 Å². The SMILES string of the molecule is Cc1cc(C(=O)NCCC2CCCNC2)c(C)n1-c1nccs1.Cl.Cl. The molecule has 0 aromatic carbocycles. The Hall–Kier alpha value is -1.08. The Labute approximate surface area is 165 Å². The molecule has 5 nitrogen and oxygen atoms in total. The molecule has 0 spiro atoms. The van der Waals surface area contributed by atoms with E-state index in [0.717, 1.165) is 48.1 Å². The highest BCUT2D eigenvalue weighted by atomic mass is 35.5. The lowest BCUT2D eigenvalue weighted by Gasteiger charge is -2.22. The van der Waals surface area contributed by atoms with Crippen molar-refractivity contribution in [2.45, 2.75) is 33.1 Å². The van der Waals surface area contributed by atoms with E-state index in [9.17, 15) is 4.79 Å². The van der Waals surface area contributed by atoms with Gasteiger partial charge in [-0.2, -0.15) is 0 Å². The number of nitrogens with one attached hydrogen (secondary N) is 2. The molecule has 8 heteroatoms. The molecule has 0 aliphatic carbocycles. The van der Waals surface area contributed by atoms with E-state index in [1.807, 2.05) is 29.9 Å². The van der Waals surface area contributed by atoms with Gasteiger partial charge in [0.2, 0.25) is 0 Å². The van der Waals surface area contributed by atoms with E-state index in [1.165, 1.54) is 12.8 Å². The lowest BCUT2D eigenvalue weighted by molar-refractivity contribution is 0.0950. The predicted molar refractivity (Wildman–Crippen MR) is 108 cm³/mol. The number of hydrogen-bond donors (Lipinski definition) is 2. The molecular weight excluding hydrogens is 379 g/mol. The molecule has 1 saturated heterocycles. The standard InChI is InChI=1S/C17H24N4OS.2ClH/c1-12-10-15(13(2)21(12)17-20-8-9-23-17)16(22)19-7-5-14-4-3-6-18-11-14;;/h8-10,14,18H,3-7,11H2,1-2H3,(H,19,22);2*1H. The summed E-state index contributed by atoms with van der Waals surface area (Å²) in [5.41, 5.74) is 2.74. The number of aromatic nitrogens is 2. The van der Waals surface area contributed by atoms with Crippen molar-refractivity contribution in [3.8, 4) is 5.13 Å². The van der Waals surface area contributed by atoms with Crippen molar-refractivity contribution in [3.63, 3.8) is 0 Å². The maximum atomic E-state index is 12.5. The van der Waals surface area contributed by atoms with Crippen molar-refractivity contribution >= 4 is 42.1 Å². The van der Waals surface area contributed by atoms with Gasteiger partial charge in [0.05, 0.1) is 5.56 Å². The van der Waals surface area contributed by atoms with Crippen LogP contribution in [0, 0.1) is 19.8 Å². The molecule has 1 atom stereocenters. The summed E-state index contributed by atoms with van der Waals surface area (Å²) in [6, 6.07) is 1.95. The van der Waals surface area contributed by atoms with Crippen molar-refractivity contribution in [2.24, 2.45) is 5.92 Å². The van der Waals surface area contributed by atoms with Crippen molar-refractivity contribution in [2.75, 3.05) is 19.6 Å². The monoisotopic (exact) mass is 404 g/mol. The first-order valence-electron chi connectivity index (χ1n) is 8.24. The normalized spacial score (nSPS) is 16.6. The van der Waals surface area contributed by atoms with E-state index in [1.54, 1.807) is 17.5 Å². The maximum absolute atomic E-state index is 12.5. The molecule has 1 aliphatic rings. The topological polar surface area (TPSA) is 59.0 Å². The number of carbonyl (C=O) groups is 1. The first kappa shape index (κ1) is 22.0. The highest BCUT2D eigenvalue weighted by Crippen LogP contribution is 2.22. The number of carbonyl (C=O) groups excluding carboxylic acids is 1. The number of halogens is 2. The molecule has 0 saturated carbocycles. The van der Waals surface area contributed by atoms with E-state index in [0.29, 0.717) is 5.92 Å². The summed E-state index contributed by atoms with van der Waals surface area (Å²) < 4.78 is 2.05. The van der Waals surface area contributed by atoms with Crippen molar-refractivity contribution in [3.05, 3.63) is 34.6 Å². The van der Waals surface area contributed by atoms with Crippen LogP contribution in [0.25, 0.3) is 5.13 Å². The minimum absolute atomic E-state index is 0. The fourth-order valence-electron chi connectivity index (χ4n) is 3.27. The van der Waals surface area contributed by atoms with Crippen LogP contribution in [-0.2, 0) is 0 Å². The molecule has 140 valence electrons. The third-order valence-corrected chi connectivity index (χ3v) is 5.28. The molecule has 2 aromatic heterocycles. The molecular formula is C17H26Cl2N4OS. The second-order valence-electron chi connectivity index (χ2n) is 6.19. The minimum atomic E-state index is 0. The van der Waals surface area contributed by atoms with Gasteiger partial charge >= 0.3 is 0 Å². The first-order chi connectivity index (χ1) is 11.2. The van der Waals surface area contributed by atoms with Gasteiger partial charge in [-0.3, -0.25) is 9.36 Å². The van der Waals surface area contributed by atoms with Crippen LogP contribution in [0.4, 0.5) is 0 Å². The summed E-state index contributed by atoms with van der Waals surface area (Å²) in [6.45, 7) is 6.94. The minimum Gasteiger partial charge on any atom is -0.352 e. The number of nitrogens with zero attached hydrogens (tertiary/aromatic N) is 2. The van der Waals surface area contributed by atoms with Crippen LogP contribution in [0.15, 0.2) is 17.6 Å². The van der Waals surface area contributed by atoms with Crippen LogP contribution in [0.3, 0.4) is 0 Å². The average Bonchev–Trinajstić information content (AvgIpc) is 3.16. The average molecular weight is 405 g/mol. The summed E-state index contributed by atoms with van der Waals surface area (Å²) >= 11 is 1.58. The van der Waals surface area contributed by atoms with Gasteiger partial charge in [0, 0.05) is 29.5 Å². The van der Waals surface area contributed by atoms with Crippen molar-refractivity contribution in [1.29, 1.82) is 0 Å². The lowest BCUT2D eigenvalue weighted by Crippen LogP contribution is -2.33. The molecule has 2 aromatic rings. The van der Waals surface area contributed by atoms with Crippen molar-refractivity contribution < 1.29 is 4.79 Å². The fourth-order valence-corrected chi connectivity index (χ4v) is 4.02. The number of amides is 1. The largest absolute Gasteiger partial charge is 0.352 e. The van der Waals surface area contributed by atoms with Crippen LogP contribution in [0.2, 0.25) is 0 Å². The zero-order chi connectivity index (χ0) is 16.2. The van der Waals surface area contributed by atoms with Gasteiger partial charge < -0.3 is 10.6 Å². The summed E-state index contributed by atoms with van der Waals surface area (Å²) in [7, 11) is 0. The molecule has 2 N–H and O–H groups in total. The fraction of sp³-hybridized carbons (Fsp3) is 0.529. The molecule has 1 amide bonds.